The minimum atomic E-state index is 0.0378. The van der Waals surface area contributed by atoms with E-state index in [1.807, 2.05) is 36.5 Å². The van der Waals surface area contributed by atoms with Crippen LogP contribution in [0.25, 0.3) is 21.9 Å². The van der Waals surface area contributed by atoms with Crippen molar-refractivity contribution in [1.29, 1.82) is 0 Å². The van der Waals surface area contributed by atoms with E-state index in [0.29, 0.717) is 11.3 Å². The summed E-state index contributed by atoms with van der Waals surface area (Å²) in [5.74, 6) is 0.900. The maximum Gasteiger partial charge on any atom is 0.169 e. The second kappa shape index (κ2) is 8.96. The summed E-state index contributed by atoms with van der Waals surface area (Å²) < 4.78 is 0. The highest BCUT2D eigenvalue weighted by Gasteiger charge is 2.17. The molecule has 0 amide bonds. The van der Waals surface area contributed by atoms with E-state index in [0.717, 1.165) is 59.6 Å². The van der Waals surface area contributed by atoms with Crippen LogP contribution in [0.4, 0.5) is 11.5 Å². The summed E-state index contributed by atoms with van der Waals surface area (Å²) in [6.45, 7) is 3.82. The number of nitrogens with zero attached hydrogens (tertiary/aromatic N) is 5. The van der Waals surface area contributed by atoms with Gasteiger partial charge in [-0.2, -0.15) is 0 Å². The van der Waals surface area contributed by atoms with Crippen LogP contribution < -0.4 is 10.6 Å². The van der Waals surface area contributed by atoms with Crippen LogP contribution in [-0.4, -0.2) is 58.9 Å². The Kier molecular flexibility index (Phi) is 5.71. The summed E-state index contributed by atoms with van der Waals surface area (Å²) >= 11 is 0. The van der Waals surface area contributed by atoms with Crippen molar-refractivity contribution >= 4 is 28.1 Å². The molecule has 5 rings (SSSR count). The molecule has 0 radical (unpaired) electrons. The molecule has 7 heteroatoms. The van der Waals surface area contributed by atoms with Crippen LogP contribution in [0.5, 0.6) is 0 Å². The number of benzene rings is 1. The van der Waals surface area contributed by atoms with Crippen molar-refractivity contribution < 1.29 is 4.79 Å². The minimum absolute atomic E-state index is 0.0378. The lowest BCUT2D eigenvalue weighted by Gasteiger charge is -2.33. The molecule has 166 valence electrons. The van der Waals surface area contributed by atoms with E-state index in [-0.39, 0.29) is 12.2 Å². The molecule has 3 aromatic heterocycles. The lowest BCUT2D eigenvalue weighted by molar-refractivity contribution is 0.0992. The van der Waals surface area contributed by atoms with Crippen molar-refractivity contribution in [2.45, 2.75) is 6.42 Å². The lowest BCUT2D eigenvalue weighted by Crippen LogP contribution is -2.44. The highest BCUT2D eigenvalue weighted by molar-refractivity contribution is 5.98. The predicted octanol–water partition coefficient (Wildman–Crippen LogP) is 3.45. The average Bonchev–Trinajstić information content (AvgIpc) is 2.84. The molecule has 0 bridgehead atoms. The molecule has 1 aliphatic rings. The van der Waals surface area contributed by atoms with Gasteiger partial charge in [0, 0.05) is 73.2 Å². The molecule has 4 heterocycles. The normalized spacial score (nSPS) is 14.5. The van der Waals surface area contributed by atoms with Crippen molar-refractivity contribution in [3.8, 4) is 11.1 Å². The molecular formula is C26H26N6O. The summed E-state index contributed by atoms with van der Waals surface area (Å²) in [6, 6.07) is 13.7. The number of fused-ring (bicyclic) bond motifs is 1. The van der Waals surface area contributed by atoms with Crippen molar-refractivity contribution in [1.82, 2.24) is 19.9 Å². The molecule has 0 spiro atoms. The van der Waals surface area contributed by atoms with E-state index < -0.39 is 0 Å². The third kappa shape index (κ3) is 4.68. The molecule has 0 atom stereocenters. The number of Topliss-reactive ketones (excluding diaryl/α,β-unsaturated/α-hetero) is 1. The Balaban J connectivity index is 1.36. The zero-order chi connectivity index (χ0) is 22.8. The first-order valence-corrected chi connectivity index (χ1v) is 11.1. The molecule has 1 saturated heterocycles. The zero-order valence-electron chi connectivity index (χ0n) is 18.6. The SMILES string of the molecule is CN1CCN(c2cc(C(=O)Cc3cc4cc(-c5cncc(N)c5)ccc4cn3)ccn2)CC1. The van der Waals surface area contributed by atoms with Gasteiger partial charge in [0.15, 0.2) is 5.78 Å². The molecule has 0 aliphatic carbocycles. The van der Waals surface area contributed by atoms with Gasteiger partial charge in [-0.25, -0.2) is 4.98 Å². The van der Waals surface area contributed by atoms with Gasteiger partial charge >= 0.3 is 0 Å². The third-order valence-corrected chi connectivity index (χ3v) is 6.11. The lowest BCUT2D eigenvalue weighted by atomic mass is 10.0. The van der Waals surface area contributed by atoms with Gasteiger partial charge in [-0.05, 0) is 48.3 Å². The number of nitrogens with two attached hydrogens (primary N) is 1. The Morgan fingerprint density at radius 3 is 2.58 bits per heavy atom. The van der Waals surface area contributed by atoms with Gasteiger partial charge in [-0.1, -0.05) is 12.1 Å². The van der Waals surface area contributed by atoms with Crippen molar-refractivity contribution in [2.24, 2.45) is 0 Å². The number of hydrogen-bond acceptors (Lipinski definition) is 7. The van der Waals surface area contributed by atoms with Crippen LogP contribution in [-0.2, 0) is 6.42 Å². The number of piperazine rings is 1. The Hall–Kier alpha value is -3.84. The number of hydrogen-bond donors (Lipinski definition) is 1. The van der Waals surface area contributed by atoms with Gasteiger partial charge in [0.2, 0.25) is 0 Å². The Bertz CT molecular complexity index is 1310. The maximum absolute atomic E-state index is 13.0. The first-order chi connectivity index (χ1) is 16.0. The molecule has 4 aromatic rings. The van der Waals surface area contributed by atoms with Crippen LogP contribution in [0.2, 0.25) is 0 Å². The number of anilines is 2. The second-order valence-electron chi connectivity index (χ2n) is 8.54. The number of carbonyl (C=O) groups is 1. The summed E-state index contributed by atoms with van der Waals surface area (Å²) in [7, 11) is 2.12. The smallest absolute Gasteiger partial charge is 0.169 e. The van der Waals surface area contributed by atoms with Crippen LogP contribution >= 0.6 is 0 Å². The van der Waals surface area contributed by atoms with Crippen LogP contribution in [0.3, 0.4) is 0 Å². The van der Waals surface area contributed by atoms with Gasteiger partial charge in [0.1, 0.15) is 5.82 Å². The molecule has 2 N–H and O–H groups in total. The van der Waals surface area contributed by atoms with Gasteiger partial charge < -0.3 is 15.5 Å². The van der Waals surface area contributed by atoms with E-state index in [1.165, 1.54) is 0 Å². The average molecular weight is 439 g/mol. The summed E-state index contributed by atoms with van der Waals surface area (Å²) in [5.41, 5.74) is 9.91. The fourth-order valence-corrected chi connectivity index (χ4v) is 4.15. The van der Waals surface area contributed by atoms with Crippen LogP contribution in [0, 0.1) is 0 Å². The molecule has 7 nitrogen and oxygen atoms in total. The quantitative estimate of drug-likeness (QED) is 0.478. The molecular weight excluding hydrogens is 412 g/mol. The number of aromatic nitrogens is 3. The molecule has 0 saturated carbocycles. The first-order valence-electron chi connectivity index (χ1n) is 11.1. The van der Waals surface area contributed by atoms with Gasteiger partial charge in [0.05, 0.1) is 12.1 Å². The maximum atomic E-state index is 13.0. The predicted molar refractivity (Wildman–Crippen MR) is 131 cm³/mol. The third-order valence-electron chi connectivity index (χ3n) is 6.11. The van der Waals surface area contributed by atoms with E-state index >= 15 is 0 Å². The van der Waals surface area contributed by atoms with Crippen molar-refractivity contribution in [3.63, 3.8) is 0 Å². The topological polar surface area (TPSA) is 88.2 Å². The van der Waals surface area contributed by atoms with Gasteiger partial charge in [-0.15, -0.1) is 0 Å². The van der Waals surface area contributed by atoms with E-state index in [2.05, 4.69) is 37.9 Å². The Morgan fingerprint density at radius 1 is 0.909 bits per heavy atom. The molecule has 33 heavy (non-hydrogen) atoms. The van der Waals surface area contributed by atoms with Crippen LogP contribution in [0.15, 0.2) is 67.3 Å². The molecule has 0 unspecified atom stereocenters. The summed E-state index contributed by atoms with van der Waals surface area (Å²) in [6.07, 6.45) is 7.21. The molecule has 1 fully saturated rings. The summed E-state index contributed by atoms with van der Waals surface area (Å²) in [5, 5.41) is 2.05. The van der Waals surface area contributed by atoms with E-state index in [4.69, 9.17) is 5.73 Å². The highest BCUT2D eigenvalue weighted by atomic mass is 16.1. The number of rotatable bonds is 5. The first kappa shape index (κ1) is 21.0. The highest BCUT2D eigenvalue weighted by Crippen LogP contribution is 2.25. The number of carbonyl (C=O) groups excluding carboxylic acids is 1. The monoisotopic (exact) mass is 438 g/mol. The van der Waals surface area contributed by atoms with Crippen molar-refractivity contribution in [3.05, 3.63) is 78.5 Å². The molecule has 1 aliphatic heterocycles. The molecule has 1 aromatic carbocycles. The fourth-order valence-electron chi connectivity index (χ4n) is 4.15. The van der Waals surface area contributed by atoms with Crippen LogP contribution in [0.1, 0.15) is 16.1 Å². The minimum Gasteiger partial charge on any atom is -0.397 e. The van der Waals surface area contributed by atoms with Gasteiger partial charge in [-0.3, -0.25) is 14.8 Å². The van der Waals surface area contributed by atoms with Crippen molar-refractivity contribution in [2.75, 3.05) is 43.9 Å². The zero-order valence-corrected chi connectivity index (χ0v) is 18.6. The Labute approximate surface area is 192 Å². The number of pyridine rings is 3. The number of likely N-dealkylation sites (N-methyl/N-ethyl adjacent to an activating group) is 1. The largest absolute Gasteiger partial charge is 0.397 e. The number of nitrogen functional groups attached to an aromatic ring is 1. The van der Waals surface area contributed by atoms with E-state index in [1.54, 1.807) is 24.7 Å². The summed E-state index contributed by atoms with van der Waals surface area (Å²) in [4.78, 5) is 30.8. The Morgan fingerprint density at radius 2 is 1.76 bits per heavy atom. The second-order valence-corrected chi connectivity index (χ2v) is 8.54. The number of ketones is 1. The van der Waals surface area contributed by atoms with Gasteiger partial charge in [0.25, 0.3) is 0 Å². The standard InChI is InChI=1S/C26H26N6O/c1-31-6-8-32(9-7-31)26-13-19(4-5-29-26)25(33)14-24-12-21-10-18(2-3-20(21)16-30-24)22-11-23(27)17-28-15-22/h2-5,10-13,15-17H,6-9,14,27H2,1H3. The fraction of sp³-hybridized carbons (Fsp3) is 0.231. The van der Waals surface area contributed by atoms with E-state index in [9.17, 15) is 4.79 Å².